The molecule has 3 N–H and O–H groups in total. The van der Waals surface area contributed by atoms with E-state index in [1.54, 1.807) is 0 Å². The van der Waals surface area contributed by atoms with Crippen LogP contribution in [-0.2, 0) is 11.3 Å². The number of carbonyl (C=O) groups excluding carboxylic acids is 1. The Balaban J connectivity index is 2.66. The predicted octanol–water partition coefficient (Wildman–Crippen LogP) is 2.85. The zero-order chi connectivity index (χ0) is 13.1. The van der Waals surface area contributed by atoms with Crippen LogP contribution in [0.3, 0.4) is 0 Å². The highest BCUT2D eigenvalue weighted by atomic mass is 79.9. The summed E-state index contributed by atoms with van der Waals surface area (Å²) in [6, 6.07) is 5.61. The Hall–Kier alpha value is -0.580. The van der Waals surface area contributed by atoms with Gasteiger partial charge in [-0.3, -0.25) is 4.79 Å². The van der Waals surface area contributed by atoms with E-state index in [9.17, 15) is 4.79 Å². The number of hydrogen-bond acceptors (Lipinski definition) is 2. The molecule has 0 unspecified atom stereocenters. The molecule has 17 heavy (non-hydrogen) atoms. The molecular formula is C12H16BrClN2O. The number of benzene rings is 1. The Morgan fingerprint density at radius 2 is 2.18 bits per heavy atom. The smallest absolute Gasteiger partial charge is 0.219 e. The molecule has 1 aromatic carbocycles. The first-order valence-electron chi connectivity index (χ1n) is 5.27. The molecule has 0 atom stereocenters. The van der Waals surface area contributed by atoms with E-state index in [1.165, 1.54) is 0 Å². The third kappa shape index (κ3) is 5.06. The molecule has 0 aliphatic heterocycles. The van der Waals surface area contributed by atoms with Crippen molar-refractivity contribution in [2.45, 2.75) is 32.4 Å². The summed E-state index contributed by atoms with van der Waals surface area (Å²) in [6.45, 7) is 4.51. The molecule has 0 radical (unpaired) electrons. The van der Waals surface area contributed by atoms with Gasteiger partial charge in [0.2, 0.25) is 5.91 Å². The number of nitrogens with one attached hydrogen (secondary N) is 1. The summed E-state index contributed by atoms with van der Waals surface area (Å²) < 4.78 is 0.990. The summed E-state index contributed by atoms with van der Waals surface area (Å²) in [5.74, 6) is -0.312. The Morgan fingerprint density at radius 1 is 1.53 bits per heavy atom. The Morgan fingerprint density at radius 3 is 2.76 bits per heavy atom. The number of primary amides is 1. The van der Waals surface area contributed by atoms with Crippen molar-refractivity contribution in [3.63, 3.8) is 0 Å². The fraction of sp³-hybridized carbons (Fsp3) is 0.417. The van der Waals surface area contributed by atoms with Gasteiger partial charge < -0.3 is 11.1 Å². The minimum absolute atomic E-state index is 0.297. The van der Waals surface area contributed by atoms with Gasteiger partial charge in [0, 0.05) is 28.0 Å². The lowest BCUT2D eigenvalue weighted by Gasteiger charge is -2.25. The lowest BCUT2D eigenvalue weighted by atomic mass is 10.00. The summed E-state index contributed by atoms with van der Waals surface area (Å²) in [5.41, 5.74) is 5.92. The molecule has 0 heterocycles. The Kier molecular flexibility index (Phi) is 4.98. The molecule has 1 rings (SSSR count). The average molecular weight is 320 g/mol. The topological polar surface area (TPSA) is 55.1 Å². The van der Waals surface area contributed by atoms with Crippen LogP contribution in [0.15, 0.2) is 22.7 Å². The van der Waals surface area contributed by atoms with Crippen LogP contribution in [0, 0.1) is 0 Å². The summed E-state index contributed by atoms with van der Waals surface area (Å²) in [5, 5.41) is 3.98. The van der Waals surface area contributed by atoms with E-state index < -0.39 is 0 Å². The zero-order valence-corrected chi connectivity index (χ0v) is 12.2. The second kappa shape index (κ2) is 5.85. The van der Waals surface area contributed by atoms with Crippen LogP contribution in [0.4, 0.5) is 0 Å². The summed E-state index contributed by atoms with van der Waals surface area (Å²) in [4.78, 5) is 10.9. The van der Waals surface area contributed by atoms with Crippen molar-refractivity contribution in [3.8, 4) is 0 Å². The van der Waals surface area contributed by atoms with Crippen LogP contribution < -0.4 is 11.1 Å². The monoisotopic (exact) mass is 318 g/mol. The van der Waals surface area contributed by atoms with Gasteiger partial charge >= 0.3 is 0 Å². The highest BCUT2D eigenvalue weighted by Crippen LogP contribution is 2.22. The van der Waals surface area contributed by atoms with Gasteiger partial charge in [-0.05, 0) is 37.6 Å². The van der Waals surface area contributed by atoms with Crippen molar-refractivity contribution in [2.75, 3.05) is 0 Å². The molecule has 0 spiro atoms. The van der Waals surface area contributed by atoms with E-state index >= 15 is 0 Å². The van der Waals surface area contributed by atoms with E-state index in [1.807, 2.05) is 32.0 Å². The molecular weight excluding hydrogens is 304 g/mol. The summed E-state index contributed by atoms with van der Waals surface area (Å²) in [6.07, 6.45) is 0.297. The minimum Gasteiger partial charge on any atom is -0.370 e. The molecule has 0 aromatic heterocycles. The molecule has 0 saturated carbocycles. The normalized spacial score (nSPS) is 11.5. The van der Waals surface area contributed by atoms with E-state index in [4.69, 9.17) is 17.3 Å². The maximum absolute atomic E-state index is 10.9. The van der Waals surface area contributed by atoms with Crippen molar-refractivity contribution in [2.24, 2.45) is 5.73 Å². The molecule has 1 amide bonds. The van der Waals surface area contributed by atoms with E-state index in [0.717, 1.165) is 10.0 Å². The number of halogens is 2. The van der Waals surface area contributed by atoms with Crippen LogP contribution >= 0.6 is 27.5 Å². The number of amides is 1. The van der Waals surface area contributed by atoms with Crippen molar-refractivity contribution in [1.82, 2.24) is 5.32 Å². The Bertz CT molecular complexity index is 421. The quantitative estimate of drug-likeness (QED) is 0.877. The lowest BCUT2D eigenvalue weighted by Crippen LogP contribution is -2.42. The fourth-order valence-electron chi connectivity index (χ4n) is 1.51. The summed E-state index contributed by atoms with van der Waals surface area (Å²) in [7, 11) is 0. The molecule has 5 heteroatoms. The largest absolute Gasteiger partial charge is 0.370 e. The van der Waals surface area contributed by atoms with Crippen molar-refractivity contribution in [1.29, 1.82) is 0 Å². The third-order valence-corrected chi connectivity index (χ3v) is 3.39. The van der Waals surface area contributed by atoms with Gasteiger partial charge in [0.25, 0.3) is 0 Å². The van der Waals surface area contributed by atoms with Gasteiger partial charge in [-0.25, -0.2) is 0 Å². The molecule has 0 aliphatic carbocycles. The molecule has 0 aliphatic rings. The highest BCUT2D eigenvalue weighted by molar-refractivity contribution is 9.10. The molecule has 0 saturated heterocycles. The second-order valence-corrected chi connectivity index (χ2v) is 5.91. The first kappa shape index (κ1) is 14.5. The fourth-order valence-corrected chi connectivity index (χ4v) is 2.09. The van der Waals surface area contributed by atoms with Gasteiger partial charge in [-0.15, -0.1) is 0 Å². The van der Waals surface area contributed by atoms with Gasteiger partial charge in [0.15, 0.2) is 0 Å². The highest BCUT2D eigenvalue weighted by Gasteiger charge is 2.19. The maximum Gasteiger partial charge on any atom is 0.219 e. The van der Waals surface area contributed by atoms with Gasteiger partial charge in [0.05, 0.1) is 0 Å². The molecule has 0 bridgehead atoms. The van der Waals surface area contributed by atoms with Crippen molar-refractivity contribution >= 4 is 33.4 Å². The van der Waals surface area contributed by atoms with E-state index in [0.29, 0.717) is 18.0 Å². The molecule has 3 nitrogen and oxygen atoms in total. The number of rotatable bonds is 5. The standard InChI is InChI=1S/C12H16BrClN2O/c1-12(2,6-11(15)17)16-7-8-5-9(14)3-4-10(8)13/h3-5,16H,6-7H2,1-2H3,(H2,15,17). The molecule has 1 aromatic rings. The number of carbonyl (C=O) groups is 1. The lowest BCUT2D eigenvalue weighted by molar-refractivity contribution is -0.119. The van der Waals surface area contributed by atoms with Crippen LogP contribution in [0.5, 0.6) is 0 Å². The SMILES string of the molecule is CC(C)(CC(N)=O)NCc1cc(Cl)ccc1Br. The van der Waals surface area contributed by atoms with Gasteiger partial charge in [-0.2, -0.15) is 0 Å². The molecule has 94 valence electrons. The predicted molar refractivity (Wildman–Crippen MR) is 73.9 cm³/mol. The van der Waals surface area contributed by atoms with Gasteiger partial charge in [0.1, 0.15) is 0 Å². The van der Waals surface area contributed by atoms with Crippen LogP contribution in [0.1, 0.15) is 25.8 Å². The first-order valence-corrected chi connectivity index (χ1v) is 6.44. The first-order chi connectivity index (χ1) is 7.80. The van der Waals surface area contributed by atoms with Crippen LogP contribution in [0.2, 0.25) is 5.02 Å². The third-order valence-electron chi connectivity index (χ3n) is 2.38. The number of hydrogen-bond donors (Lipinski definition) is 2. The van der Waals surface area contributed by atoms with Gasteiger partial charge in [-0.1, -0.05) is 27.5 Å². The van der Waals surface area contributed by atoms with E-state index in [2.05, 4.69) is 21.2 Å². The van der Waals surface area contributed by atoms with Crippen molar-refractivity contribution in [3.05, 3.63) is 33.3 Å². The Labute approximate surface area is 115 Å². The number of nitrogens with two attached hydrogens (primary N) is 1. The second-order valence-electron chi connectivity index (χ2n) is 4.62. The maximum atomic E-state index is 10.9. The summed E-state index contributed by atoms with van der Waals surface area (Å²) >= 11 is 9.39. The van der Waals surface area contributed by atoms with E-state index in [-0.39, 0.29) is 11.4 Å². The van der Waals surface area contributed by atoms with Crippen LogP contribution in [0.25, 0.3) is 0 Å². The zero-order valence-electron chi connectivity index (χ0n) is 9.89. The van der Waals surface area contributed by atoms with Crippen molar-refractivity contribution < 1.29 is 4.79 Å². The average Bonchev–Trinajstić information content (AvgIpc) is 2.17. The molecule has 0 fully saturated rings. The van der Waals surface area contributed by atoms with Crippen LogP contribution in [-0.4, -0.2) is 11.4 Å². The minimum atomic E-state index is -0.326.